The Morgan fingerprint density at radius 1 is 1.25 bits per heavy atom. The molecule has 0 unspecified atom stereocenters. The first kappa shape index (κ1) is 14.0. The number of carboxylic acids is 1. The van der Waals surface area contributed by atoms with Crippen LogP contribution in [0.15, 0.2) is 36.5 Å². The molecule has 102 valence electrons. The Balaban J connectivity index is 2.20. The van der Waals surface area contributed by atoms with E-state index in [1.165, 1.54) is 30.3 Å². The van der Waals surface area contributed by atoms with Gasteiger partial charge in [-0.25, -0.2) is 14.2 Å². The number of carbonyl (C=O) groups is 2. The zero-order chi connectivity index (χ0) is 14.7. The van der Waals surface area contributed by atoms with Crippen LogP contribution in [-0.2, 0) is 0 Å². The molecule has 0 aliphatic rings. The predicted molar refractivity (Wildman–Crippen MR) is 70.6 cm³/mol. The molecule has 0 aliphatic heterocycles. The second-order valence-corrected chi connectivity index (χ2v) is 4.20. The van der Waals surface area contributed by atoms with E-state index >= 15 is 0 Å². The SMILES string of the molecule is O=C(Nc1cccc(Cl)c1F)c1ccc(C(=O)O)nc1. The minimum atomic E-state index is -1.20. The molecule has 1 aromatic carbocycles. The molecule has 0 fully saturated rings. The summed E-state index contributed by atoms with van der Waals surface area (Å²) in [5.74, 6) is -2.55. The van der Waals surface area contributed by atoms with Crippen LogP contribution in [0.3, 0.4) is 0 Å². The lowest BCUT2D eigenvalue weighted by atomic mass is 10.2. The number of amides is 1. The third-order valence-electron chi connectivity index (χ3n) is 2.44. The number of hydrogen-bond donors (Lipinski definition) is 2. The van der Waals surface area contributed by atoms with E-state index in [0.717, 1.165) is 6.20 Å². The van der Waals surface area contributed by atoms with Crippen LogP contribution in [-0.4, -0.2) is 22.0 Å². The number of benzene rings is 1. The zero-order valence-corrected chi connectivity index (χ0v) is 10.7. The van der Waals surface area contributed by atoms with Gasteiger partial charge >= 0.3 is 5.97 Å². The summed E-state index contributed by atoms with van der Waals surface area (Å²) in [5, 5.41) is 10.9. The Labute approximate surface area is 118 Å². The molecule has 0 saturated carbocycles. The van der Waals surface area contributed by atoms with Crippen molar-refractivity contribution in [1.29, 1.82) is 0 Å². The van der Waals surface area contributed by atoms with Crippen molar-refractivity contribution in [3.05, 3.63) is 58.6 Å². The number of pyridine rings is 1. The van der Waals surface area contributed by atoms with Gasteiger partial charge in [-0.1, -0.05) is 17.7 Å². The van der Waals surface area contributed by atoms with Gasteiger partial charge < -0.3 is 10.4 Å². The molecule has 20 heavy (non-hydrogen) atoms. The maximum absolute atomic E-state index is 13.6. The Hall–Kier alpha value is -2.47. The Morgan fingerprint density at radius 2 is 2.00 bits per heavy atom. The third kappa shape index (κ3) is 2.92. The number of halogens is 2. The minimum Gasteiger partial charge on any atom is -0.477 e. The number of hydrogen-bond acceptors (Lipinski definition) is 3. The van der Waals surface area contributed by atoms with Gasteiger partial charge in [-0.15, -0.1) is 0 Å². The molecule has 2 aromatic rings. The minimum absolute atomic E-state index is 0.0650. The Kier molecular flexibility index (Phi) is 3.95. The highest BCUT2D eigenvalue weighted by molar-refractivity contribution is 6.31. The quantitative estimate of drug-likeness (QED) is 0.912. The van der Waals surface area contributed by atoms with Crippen molar-refractivity contribution in [2.45, 2.75) is 0 Å². The molecular weight excluding hydrogens is 287 g/mol. The molecule has 0 radical (unpaired) electrons. The normalized spacial score (nSPS) is 10.1. The van der Waals surface area contributed by atoms with E-state index in [-0.39, 0.29) is 22.0 Å². The monoisotopic (exact) mass is 294 g/mol. The molecule has 0 saturated heterocycles. The number of aromatic carboxylic acids is 1. The van der Waals surface area contributed by atoms with Gasteiger partial charge in [0.05, 0.1) is 16.3 Å². The maximum Gasteiger partial charge on any atom is 0.354 e. The first-order valence-corrected chi connectivity index (χ1v) is 5.81. The molecule has 1 aromatic heterocycles. The summed E-state index contributed by atoms with van der Waals surface area (Å²) in [6.45, 7) is 0. The van der Waals surface area contributed by atoms with Crippen molar-refractivity contribution >= 4 is 29.2 Å². The van der Waals surface area contributed by atoms with E-state index in [4.69, 9.17) is 16.7 Å². The number of nitrogens with one attached hydrogen (secondary N) is 1. The first-order chi connectivity index (χ1) is 9.49. The second kappa shape index (κ2) is 5.66. The number of anilines is 1. The van der Waals surface area contributed by atoms with E-state index in [9.17, 15) is 14.0 Å². The van der Waals surface area contributed by atoms with E-state index in [1.54, 1.807) is 0 Å². The van der Waals surface area contributed by atoms with Crippen molar-refractivity contribution in [2.75, 3.05) is 5.32 Å². The number of carbonyl (C=O) groups excluding carboxylic acids is 1. The van der Waals surface area contributed by atoms with Crippen LogP contribution in [0.5, 0.6) is 0 Å². The third-order valence-corrected chi connectivity index (χ3v) is 2.74. The lowest BCUT2D eigenvalue weighted by molar-refractivity contribution is 0.0690. The fourth-order valence-electron chi connectivity index (χ4n) is 1.45. The Morgan fingerprint density at radius 3 is 2.60 bits per heavy atom. The average Bonchev–Trinajstić information content (AvgIpc) is 2.44. The van der Waals surface area contributed by atoms with Gasteiger partial charge in [-0.2, -0.15) is 0 Å². The van der Waals surface area contributed by atoms with Crippen molar-refractivity contribution in [3.8, 4) is 0 Å². The van der Waals surface area contributed by atoms with E-state index in [0.29, 0.717) is 0 Å². The second-order valence-electron chi connectivity index (χ2n) is 3.79. The van der Waals surface area contributed by atoms with Crippen molar-refractivity contribution in [2.24, 2.45) is 0 Å². The van der Waals surface area contributed by atoms with Crippen molar-refractivity contribution in [1.82, 2.24) is 4.98 Å². The fourth-order valence-corrected chi connectivity index (χ4v) is 1.62. The lowest BCUT2D eigenvalue weighted by Crippen LogP contribution is -2.14. The van der Waals surface area contributed by atoms with Crippen LogP contribution in [0.25, 0.3) is 0 Å². The highest BCUT2D eigenvalue weighted by Gasteiger charge is 2.12. The molecule has 5 nitrogen and oxygen atoms in total. The molecule has 0 bridgehead atoms. The highest BCUT2D eigenvalue weighted by atomic mass is 35.5. The lowest BCUT2D eigenvalue weighted by Gasteiger charge is -2.07. The van der Waals surface area contributed by atoms with Crippen LogP contribution in [0.2, 0.25) is 5.02 Å². The molecule has 1 heterocycles. The molecule has 0 aliphatic carbocycles. The summed E-state index contributed by atoms with van der Waals surface area (Å²) in [7, 11) is 0. The number of carboxylic acid groups (broad SMARTS) is 1. The summed E-state index contributed by atoms with van der Waals surface area (Å²) in [6.07, 6.45) is 1.10. The fraction of sp³-hybridized carbons (Fsp3) is 0. The summed E-state index contributed by atoms with van der Waals surface area (Å²) in [6, 6.07) is 6.68. The summed E-state index contributed by atoms with van der Waals surface area (Å²) >= 11 is 5.60. The molecule has 2 rings (SSSR count). The van der Waals surface area contributed by atoms with Crippen LogP contribution in [0.4, 0.5) is 10.1 Å². The standard InChI is InChI=1S/C13H8ClFN2O3/c14-8-2-1-3-9(11(8)15)17-12(18)7-4-5-10(13(19)20)16-6-7/h1-6H,(H,17,18)(H,19,20). The van der Waals surface area contributed by atoms with Gasteiger partial charge in [-0.3, -0.25) is 4.79 Å². The largest absolute Gasteiger partial charge is 0.477 e. The van der Waals surface area contributed by atoms with Gasteiger partial charge in [0.1, 0.15) is 5.69 Å². The topological polar surface area (TPSA) is 79.3 Å². The van der Waals surface area contributed by atoms with Crippen LogP contribution in [0, 0.1) is 5.82 Å². The number of nitrogens with zero attached hydrogens (tertiary/aromatic N) is 1. The first-order valence-electron chi connectivity index (χ1n) is 5.44. The highest BCUT2D eigenvalue weighted by Crippen LogP contribution is 2.22. The Bertz CT molecular complexity index is 674. The number of rotatable bonds is 3. The maximum atomic E-state index is 13.6. The summed E-state index contributed by atoms with van der Waals surface area (Å²) in [5.41, 5.74) is -0.144. The molecule has 0 atom stereocenters. The van der Waals surface area contributed by atoms with Gasteiger partial charge in [0.15, 0.2) is 5.82 Å². The molecule has 7 heteroatoms. The number of aromatic nitrogens is 1. The van der Waals surface area contributed by atoms with Gasteiger partial charge in [-0.05, 0) is 24.3 Å². The molecule has 2 N–H and O–H groups in total. The van der Waals surface area contributed by atoms with Gasteiger partial charge in [0.25, 0.3) is 5.91 Å². The van der Waals surface area contributed by atoms with E-state index < -0.39 is 17.7 Å². The van der Waals surface area contributed by atoms with Gasteiger partial charge in [0, 0.05) is 6.20 Å². The molecular formula is C13H8ClFN2O3. The van der Waals surface area contributed by atoms with Gasteiger partial charge in [0.2, 0.25) is 0 Å². The smallest absolute Gasteiger partial charge is 0.354 e. The van der Waals surface area contributed by atoms with E-state index in [2.05, 4.69) is 10.3 Å². The van der Waals surface area contributed by atoms with Crippen LogP contribution >= 0.6 is 11.6 Å². The molecule has 0 spiro atoms. The average molecular weight is 295 g/mol. The van der Waals surface area contributed by atoms with Crippen molar-refractivity contribution in [3.63, 3.8) is 0 Å². The van der Waals surface area contributed by atoms with Crippen molar-refractivity contribution < 1.29 is 19.1 Å². The predicted octanol–water partition coefficient (Wildman–Crippen LogP) is 2.82. The summed E-state index contributed by atoms with van der Waals surface area (Å²) in [4.78, 5) is 26.1. The zero-order valence-electron chi connectivity index (χ0n) is 9.93. The van der Waals surface area contributed by atoms with E-state index in [1.807, 2.05) is 0 Å². The summed E-state index contributed by atoms with van der Waals surface area (Å²) < 4.78 is 13.6. The molecule has 1 amide bonds. The van der Waals surface area contributed by atoms with Crippen LogP contribution in [0.1, 0.15) is 20.8 Å². The van der Waals surface area contributed by atoms with Crippen LogP contribution < -0.4 is 5.32 Å².